The van der Waals surface area contributed by atoms with Gasteiger partial charge in [-0.2, -0.15) is 0 Å². The monoisotopic (exact) mass is 330 g/mol. The Morgan fingerprint density at radius 2 is 1.72 bits per heavy atom. The lowest BCUT2D eigenvalue weighted by Crippen LogP contribution is -2.25. The molecule has 1 aliphatic heterocycles. The molecule has 2 heterocycles. The van der Waals surface area contributed by atoms with E-state index in [4.69, 9.17) is 4.98 Å². The highest BCUT2D eigenvalue weighted by atomic mass is 16.3. The summed E-state index contributed by atoms with van der Waals surface area (Å²) >= 11 is 0. The third-order valence-corrected chi connectivity index (χ3v) is 4.91. The van der Waals surface area contributed by atoms with Crippen molar-refractivity contribution in [2.24, 2.45) is 0 Å². The molecule has 2 aromatic carbocycles. The average Bonchev–Trinajstić information content (AvgIpc) is 2.67. The smallest absolute Gasteiger partial charge is 0.133 e. The lowest BCUT2D eigenvalue weighted by molar-refractivity contribution is 0.219. The number of aliphatic hydroxyl groups is 1. The van der Waals surface area contributed by atoms with Gasteiger partial charge in [0.1, 0.15) is 11.9 Å². The summed E-state index contributed by atoms with van der Waals surface area (Å²) in [4.78, 5) is 7.09. The predicted molar refractivity (Wildman–Crippen MR) is 101 cm³/mol. The molecule has 1 atom stereocenters. The van der Waals surface area contributed by atoms with Crippen molar-refractivity contribution in [3.05, 3.63) is 89.1 Å². The van der Waals surface area contributed by atoms with Gasteiger partial charge in [-0.1, -0.05) is 54.6 Å². The third-order valence-electron chi connectivity index (χ3n) is 4.91. The van der Waals surface area contributed by atoms with Gasteiger partial charge >= 0.3 is 0 Å². The van der Waals surface area contributed by atoms with Gasteiger partial charge in [0.2, 0.25) is 0 Å². The van der Waals surface area contributed by atoms with Crippen LogP contribution in [0.1, 0.15) is 34.9 Å². The van der Waals surface area contributed by atoms with Crippen LogP contribution in [0.2, 0.25) is 0 Å². The number of benzene rings is 2. The molecule has 3 nitrogen and oxygen atoms in total. The Hall–Kier alpha value is -2.65. The molecule has 0 radical (unpaired) electrons. The van der Waals surface area contributed by atoms with Gasteiger partial charge in [-0.3, -0.25) is 0 Å². The molecule has 0 amide bonds. The Morgan fingerprint density at radius 3 is 2.52 bits per heavy atom. The molecular weight excluding hydrogens is 308 g/mol. The van der Waals surface area contributed by atoms with Gasteiger partial charge in [-0.15, -0.1) is 0 Å². The van der Waals surface area contributed by atoms with Crippen LogP contribution < -0.4 is 4.90 Å². The van der Waals surface area contributed by atoms with E-state index in [9.17, 15) is 5.11 Å². The van der Waals surface area contributed by atoms with Crippen molar-refractivity contribution in [2.75, 3.05) is 11.4 Å². The largest absolute Gasteiger partial charge is 0.384 e. The van der Waals surface area contributed by atoms with Crippen LogP contribution in [0.25, 0.3) is 0 Å². The Balaban J connectivity index is 1.67. The van der Waals surface area contributed by atoms with E-state index < -0.39 is 6.10 Å². The van der Waals surface area contributed by atoms with Crippen LogP contribution in [0.15, 0.2) is 66.7 Å². The molecule has 1 aliphatic rings. The number of rotatable bonds is 3. The second kappa shape index (κ2) is 6.69. The molecule has 1 aromatic heterocycles. The van der Waals surface area contributed by atoms with Gasteiger partial charge in [0, 0.05) is 23.5 Å². The molecule has 1 N–H and O–H groups in total. The van der Waals surface area contributed by atoms with Gasteiger partial charge in [-0.25, -0.2) is 4.98 Å². The molecule has 0 fully saturated rings. The molecule has 0 saturated heterocycles. The highest BCUT2D eigenvalue weighted by molar-refractivity contribution is 5.65. The molecule has 126 valence electrons. The Labute approximate surface area is 148 Å². The number of pyridine rings is 1. The van der Waals surface area contributed by atoms with Crippen molar-refractivity contribution in [1.29, 1.82) is 0 Å². The summed E-state index contributed by atoms with van der Waals surface area (Å²) in [5.41, 5.74) is 5.25. The fourth-order valence-electron chi connectivity index (χ4n) is 3.58. The summed E-state index contributed by atoms with van der Waals surface area (Å²) in [6.07, 6.45) is 1.61. The summed E-state index contributed by atoms with van der Waals surface area (Å²) in [6.45, 7) is 2.95. The molecule has 0 spiro atoms. The number of aromatic nitrogens is 1. The molecule has 0 unspecified atom stereocenters. The van der Waals surface area contributed by atoms with Crippen LogP contribution >= 0.6 is 0 Å². The van der Waals surface area contributed by atoms with E-state index in [1.165, 1.54) is 11.3 Å². The lowest BCUT2D eigenvalue weighted by Gasteiger charge is -2.31. The Kier molecular flexibility index (Phi) is 4.24. The van der Waals surface area contributed by atoms with Crippen LogP contribution in [0.3, 0.4) is 0 Å². The van der Waals surface area contributed by atoms with E-state index in [0.29, 0.717) is 0 Å². The van der Waals surface area contributed by atoms with E-state index in [1.54, 1.807) is 0 Å². The Morgan fingerprint density at radius 1 is 0.960 bits per heavy atom. The number of aryl methyl sites for hydroxylation is 2. The molecular formula is C22H22N2O. The molecule has 0 aliphatic carbocycles. The Bertz CT molecular complexity index is 876. The first-order valence-corrected chi connectivity index (χ1v) is 8.80. The highest BCUT2D eigenvalue weighted by Gasteiger charge is 2.20. The average molecular weight is 330 g/mol. The number of para-hydroxylation sites is 1. The van der Waals surface area contributed by atoms with Crippen LogP contribution in [-0.4, -0.2) is 16.6 Å². The molecule has 0 bridgehead atoms. The molecule has 3 aromatic rings. The maximum absolute atomic E-state index is 10.7. The standard InChI is InChI=1S/C22H22N2O/c1-16-19(22(25)18-9-3-2-4-10-18)13-14-21(23-16)24-15-7-11-17-8-5-6-12-20(17)24/h2-6,8-10,12-14,22,25H,7,11,15H2,1H3/t22-/m1/s1. The minimum absolute atomic E-state index is 0.642. The fraction of sp³-hybridized carbons (Fsp3) is 0.227. The summed E-state index contributed by atoms with van der Waals surface area (Å²) in [5, 5.41) is 10.7. The summed E-state index contributed by atoms with van der Waals surface area (Å²) in [5.74, 6) is 0.952. The van der Waals surface area contributed by atoms with Gasteiger partial charge in [0.05, 0.1) is 0 Å². The minimum atomic E-state index is -0.642. The number of fused-ring (bicyclic) bond motifs is 1. The first kappa shape index (κ1) is 15.9. The van der Waals surface area contributed by atoms with Crippen LogP contribution in [-0.2, 0) is 6.42 Å². The summed E-state index contributed by atoms with van der Waals surface area (Å²) < 4.78 is 0. The van der Waals surface area contributed by atoms with Crippen molar-refractivity contribution in [2.45, 2.75) is 25.9 Å². The highest BCUT2D eigenvalue weighted by Crippen LogP contribution is 2.33. The van der Waals surface area contributed by atoms with Gasteiger partial charge in [0.25, 0.3) is 0 Å². The van der Waals surface area contributed by atoms with Crippen molar-refractivity contribution in [3.8, 4) is 0 Å². The fourth-order valence-corrected chi connectivity index (χ4v) is 3.58. The maximum Gasteiger partial charge on any atom is 0.133 e. The van der Waals surface area contributed by atoms with Crippen LogP contribution in [0, 0.1) is 6.92 Å². The first-order valence-electron chi connectivity index (χ1n) is 8.80. The quantitative estimate of drug-likeness (QED) is 0.765. The van der Waals surface area contributed by atoms with Crippen molar-refractivity contribution in [1.82, 2.24) is 4.98 Å². The third kappa shape index (κ3) is 3.03. The lowest BCUT2D eigenvalue weighted by atomic mass is 9.99. The summed E-state index contributed by atoms with van der Waals surface area (Å²) in [6, 6.07) is 22.3. The number of hydrogen-bond donors (Lipinski definition) is 1. The van der Waals surface area contributed by atoms with E-state index in [-0.39, 0.29) is 0 Å². The normalized spacial score (nSPS) is 14.9. The van der Waals surface area contributed by atoms with E-state index in [0.717, 1.165) is 42.0 Å². The zero-order valence-corrected chi connectivity index (χ0v) is 14.4. The van der Waals surface area contributed by atoms with Gasteiger partial charge < -0.3 is 10.0 Å². The zero-order valence-electron chi connectivity index (χ0n) is 14.4. The van der Waals surface area contributed by atoms with Crippen molar-refractivity contribution in [3.63, 3.8) is 0 Å². The maximum atomic E-state index is 10.7. The van der Waals surface area contributed by atoms with Gasteiger partial charge in [-0.05, 0) is 43.0 Å². The first-order chi connectivity index (χ1) is 12.2. The minimum Gasteiger partial charge on any atom is -0.384 e. The van der Waals surface area contributed by atoms with E-state index in [1.807, 2.05) is 49.4 Å². The van der Waals surface area contributed by atoms with E-state index >= 15 is 0 Å². The number of nitrogens with zero attached hydrogens (tertiary/aromatic N) is 2. The second-order valence-corrected chi connectivity index (χ2v) is 6.54. The molecule has 25 heavy (non-hydrogen) atoms. The zero-order chi connectivity index (χ0) is 17.2. The molecule has 3 heteroatoms. The number of anilines is 2. The van der Waals surface area contributed by atoms with Crippen LogP contribution in [0.5, 0.6) is 0 Å². The molecule has 0 saturated carbocycles. The number of aliphatic hydroxyl groups excluding tert-OH is 1. The summed E-state index contributed by atoms with van der Waals surface area (Å²) in [7, 11) is 0. The van der Waals surface area contributed by atoms with Crippen molar-refractivity contribution >= 4 is 11.5 Å². The van der Waals surface area contributed by atoms with Crippen LogP contribution in [0.4, 0.5) is 11.5 Å². The van der Waals surface area contributed by atoms with Gasteiger partial charge in [0.15, 0.2) is 0 Å². The van der Waals surface area contributed by atoms with E-state index in [2.05, 4.69) is 29.2 Å². The van der Waals surface area contributed by atoms with Crippen molar-refractivity contribution < 1.29 is 5.11 Å². The molecule has 4 rings (SSSR count). The predicted octanol–water partition coefficient (Wildman–Crippen LogP) is 4.56. The SMILES string of the molecule is Cc1nc(N2CCCc3ccccc32)ccc1[C@H](O)c1ccccc1. The second-order valence-electron chi connectivity index (χ2n) is 6.54. The number of hydrogen-bond acceptors (Lipinski definition) is 3. The topological polar surface area (TPSA) is 36.4 Å².